The lowest BCUT2D eigenvalue weighted by Gasteiger charge is -2.37. The number of sulfone groups is 1. The number of piperazine rings is 1. The molecule has 0 spiro atoms. The molecule has 2 atom stereocenters. The van der Waals surface area contributed by atoms with Gasteiger partial charge in [0.15, 0.2) is 9.84 Å². The van der Waals surface area contributed by atoms with Crippen LogP contribution < -0.4 is 15.5 Å². The molecule has 4 rings (SSSR count). The maximum absolute atomic E-state index is 13.0. The zero-order valence-corrected chi connectivity index (χ0v) is 19.6. The standard InChI is InChI=1S/C21H29N5O6S/c1-21(15-3-5-17(32-2)6-4-15)19(28)26(20(29)22-21)23-18(27)13-24-8-10-25(11-9-24)16-7-12-33(30,31)14-16/h3-6,16H,7-14H2,1-2H3,(H,22,29)(H,23,27). The molecular formula is C21H29N5O6S. The first-order valence-corrected chi connectivity index (χ1v) is 12.7. The van der Waals surface area contributed by atoms with Crippen LogP contribution in [0.5, 0.6) is 5.75 Å². The molecule has 12 heteroatoms. The maximum atomic E-state index is 13.0. The highest BCUT2D eigenvalue weighted by Gasteiger charge is 2.50. The second-order valence-electron chi connectivity index (χ2n) is 8.83. The number of hydrogen-bond donors (Lipinski definition) is 2. The summed E-state index contributed by atoms with van der Waals surface area (Å²) in [5.41, 5.74) is 1.69. The molecule has 0 aliphatic carbocycles. The first-order valence-electron chi connectivity index (χ1n) is 10.9. The summed E-state index contributed by atoms with van der Waals surface area (Å²) in [6.07, 6.45) is 0.655. The Bertz CT molecular complexity index is 1040. The third-order valence-corrected chi connectivity index (χ3v) is 8.34. The molecule has 11 nitrogen and oxygen atoms in total. The van der Waals surface area contributed by atoms with Gasteiger partial charge in [-0.1, -0.05) is 12.1 Å². The highest BCUT2D eigenvalue weighted by molar-refractivity contribution is 7.91. The Morgan fingerprint density at radius 1 is 1.18 bits per heavy atom. The Hall–Kier alpha value is -2.70. The second-order valence-corrected chi connectivity index (χ2v) is 11.1. The quantitative estimate of drug-likeness (QED) is 0.513. The lowest BCUT2D eigenvalue weighted by Crippen LogP contribution is -2.55. The molecule has 3 heterocycles. The van der Waals surface area contributed by atoms with Gasteiger partial charge in [0.05, 0.1) is 25.2 Å². The highest BCUT2D eigenvalue weighted by atomic mass is 32.2. The molecule has 3 aliphatic rings. The van der Waals surface area contributed by atoms with Gasteiger partial charge >= 0.3 is 6.03 Å². The van der Waals surface area contributed by atoms with E-state index in [0.717, 1.165) is 5.01 Å². The van der Waals surface area contributed by atoms with Gasteiger partial charge in [0.1, 0.15) is 11.3 Å². The third kappa shape index (κ3) is 4.82. The van der Waals surface area contributed by atoms with Crippen molar-refractivity contribution in [3.63, 3.8) is 0 Å². The van der Waals surface area contributed by atoms with Gasteiger partial charge in [-0.05, 0) is 31.0 Å². The number of urea groups is 1. The van der Waals surface area contributed by atoms with Crippen molar-refractivity contribution >= 4 is 27.7 Å². The van der Waals surface area contributed by atoms with E-state index in [1.54, 1.807) is 31.2 Å². The van der Waals surface area contributed by atoms with Crippen molar-refractivity contribution in [2.75, 3.05) is 51.3 Å². The second kappa shape index (κ2) is 8.92. The molecule has 180 valence electrons. The number of carbonyl (C=O) groups excluding carboxylic acids is 3. The molecule has 3 aliphatic heterocycles. The largest absolute Gasteiger partial charge is 0.497 e. The molecule has 3 fully saturated rings. The number of nitrogens with zero attached hydrogens (tertiary/aromatic N) is 3. The average Bonchev–Trinajstić information content (AvgIpc) is 3.26. The van der Waals surface area contributed by atoms with E-state index < -0.39 is 33.2 Å². The number of imide groups is 1. The summed E-state index contributed by atoms with van der Waals surface area (Å²) in [4.78, 5) is 42.1. The van der Waals surface area contributed by atoms with Crippen molar-refractivity contribution < 1.29 is 27.5 Å². The first kappa shape index (κ1) is 23.5. The van der Waals surface area contributed by atoms with Gasteiger partial charge in [-0.2, -0.15) is 5.01 Å². The van der Waals surface area contributed by atoms with E-state index in [0.29, 0.717) is 43.9 Å². The smallest absolute Gasteiger partial charge is 0.344 e. The van der Waals surface area contributed by atoms with Crippen LogP contribution in [0.15, 0.2) is 24.3 Å². The van der Waals surface area contributed by atoms with Gasteiger partial charge in [-0.15, -0.1) is 0 Å². The molecule has 3 saturated heterocycles. The van der Waals surface area contributed by atoms with Crippen LogP contribution in [0.3, 0.4) is 0 Å². The number of carbonyl (C=O) groups is 3. The molecular weight excluding hydrogens is 450 g/mol. The van der Waals surface area contributed by atoms with Crippen molar-refractivity contribution in [2.45, 2.75) is 24.9 Å². The number of nitrogens with one attached hydrogen (secondary N) is 2. The number of rotatable bonds is 6. The maximum Gasteiger partial charge on any atom is 0.344 e. The van der Waals surface area contributed by atoms with Crippen molar-refractivity contribution in [3.05, 3.63) is 29.8 Å². The molecule has 33 heavy (non-hydrogen) atoms. The Labute approximate surface area is 192 Å². The molecule has 0 aromatic heterocycles. The predicted molar refractivity (Wildman–Crippen MR) is 119 cm³/mol. The fraction of sp³-hybridized carbons (Fsp3) is 0.571. The van der Waals surface area contributed by atoms with E-state index in [1.165, 1.54) is 7.11 Å². The number of hydrogen-bond acceptors (Lipinski definition) is 8. The van der Waals surface area contributed by atoms with Gasteiger partial charge < -0.3 is 10.1 Å². The van der Waals surface area contributed by atoms with E-state index in [9.17, 15) is 22.8 Å². The van der Waals surface area contributed by atoms with E-state index in [-0.39, 0.29) is 24.1 Å². The van der Waals surface area contributed by atoms with Crippen LogP contribution >= 0.6 is 0 Å². The summed E-state index contributed by atoms with van der Waals surface area (Å²) in [6.45, 7) is 4.18. The SMILES string of the molecule is COc1ccc(C2(C)NC(=O)N(NC(=O)CN3CCN(C4CCS(=O)(=O)C4)CC3)C2=O)cc1. The van der Waals surface area contributed by atoms with Crippen LogP contribution in [0, 0.1) is 0 Å². The Morgan fingerprint density at radius 3 is 2.42 bits per heavy atom. The van der Waals surface area contributed by atoms with Crippen LogP contribution in [-0.2, 0) is 25.0 Å². The lowest BCUT2D eigenvalue weighted by molar-refractivity contribution is -0.139. The number of hydrazine groups is 1. The van der Waals surface area contributed by atoms with Gasteiger partial charge in [0, 0.05) is 32.2 Å². The minimum absolute atomic E-state index is 0.0348. The van der Waals surface area contributed by atoms with Crippen LogP contribution in [0.2, 0.25) is 0 Å². The minimum Gasteiger partial charge on any atom is -0.497 e. The minimum atomic E-state index is -2.94. The van der Waals surface area contributed by atoms with E-state index in [2.05, 4.69) is 15.6 Å². The van der Waals surface area contributed by atoms with Crippen LogP contribution in [0.25, 0.3) is 0 Å². The van der Waals surface area contributed by atoms with Crippen molar-refractivity contribution in [3.8, 4) is 5.75 Å². The van der Waals surface area contributed by atoms with Crippen LogP contribution in [0.1, 0.15) is 18.9 Å². The lowest BCUT2D eigenvalue weighted by atomic mass is 9.92. The number of amides is 4. The number of methoxy groups -OCH3 is 1. The fourth-order valence-corrected chi connectivity index (χ4v) is 6.34. The summed E-state index contributed by atoms with van der Waals surface area (Å²) in [5.74, 6) is 0.0282. The Kier molecular flexibility index (Phi) is 6.34. The van der Waals surface area contributed by atoms with Crippen molar-refractivity contribution in [1.82, 2.24) is 25.6 Å². The van der Waals surface area contributed by atoms with Gasteiger partial charge in [-0.25, -0.2) is 13.2 Å². The van der Waals surface area contributed by atoms with Gasteiger partial charge in [0.2, 0.25) is 0 Å². The molecule has 0 saturated carbocycles. The zero-order valence-electron chi connectivity index (χ0n) is 18.7. The molecule has 1 aromatic rings. The van der Waals surface area contributed by atoms with E-state index in [4.69, 9.17) is 4.74 Å². The van der Waals surface area contributed by atoms with E-state index in [1.807, 2.05) is 4.90 Å². The highest BCUT2D eigenvalue weighted by Crippen LogP contribution is 2.29. The van der Waals surface area contributed by atoms with Crippen LogP contribution in [0.4, 0.5) is 4.79 Å². The summed E-state index contributed by atoms with van der Waals surface area (Å²) >= 11 is 0. The predicted octanol–water partition coefficient (Wildman–Crippen LogP) is -0.702. The van der Waals surface area contributed by atoms with Crippen LogP contribution in [-0.4, -0.2) is 98.5 Å². The summed E-state index contributed by atoms with van der Waals surface area (Å²) in [5, 5.41) is 3.38. The molecule has 2 N–H and O–H groups in total. The molecule has 4 amide bonds. The summed E-state index contributed by atoms with van der Waals surface area (Å²) in [6, 6.07) is 6.13. The average molecular weight is 480 g/mol. The number of benzene rings is 1. The number of ether oxygens (including phenoxy) is 1. The fourth-order valence-electron chi connectivity index (χ4n) is 4.57. The van der Waals surface area contributed by atoms with Gasteiger partial charge in [-0.3, -0.25) is 24.8 Å². The summed E-state index contributed by atoms with van der Waals surface area (Å²) in [7, 11) is -1.40. The van der Waals surface area contributed by atoms with Crippen molar-refractivity contribution in [1.29, 1.82) is 0 Å². The van der Waals surface area contributed by atoms with Gasteiger partial charge in [0.25, 0.3) is 11.8 Å². The zero-order chi connectivity index (χ0) is 23.8. The Morgan fingerprint density at radius 2 is 1.85 bits per heavy atom. The molecule has 2 unspecified atom stereocenters. The third-order valence-electron chi connectivity index (χ3n) is 6.59. The Balaban J connectivity index is 1.30. The summed E-state index contributed by atoms with van der Waals surface area (Å²) < 4.78 is 28.6. The first-order chi connectivity index (χ1) is 15.6. The monoisotopic (exact) mass is 479 g/mol. The molecule has 1 aromatic carbocycles. The molecule has 0 bridgehead atoms. The van der Waals surface area contributed by atoms with E-state index >= 15 is 0 Å². The normalized spacial score (nSPS) is 28.1. The molecule has 0 radical (unpaired) electrons. The van der Waals surface area contributed by atoms with Crippen molar-refractivity contribution in [2.24, 2.45) is 0 Å². The topological polar surface area (TPSA) is 128 Å².